The minimum Gasteiger partial charge on any atom is -0.496 e. The molecule has 1 amide bonds. The summed E-state index contributed by atoms with van der Waals surface area (Å²) in [5.74, 6) is 0.380. The lowest BCUT2D eigenvalue weighted by Crippen LogP contribution is -2.28. The number of hydrogen-bond acceptors (Lipinski definition) is 4. The third kappa shape index (κ3) is 3.22. The molecule has 0 heterocycles. The highest BCUT2D eigenvalue weighted by Gasteiger charge is 2.25. The van der Waals surface area contributed by atoms with E-state index in [4.69, 9.17) is 21.1 Å². The van der Waals surface area contributed by atoms with Gasteiger partial charge in [-0.1, -0.05) is 32.4 Å². The zero-order valence-electron chi connectivity index (χ0n) is 12.2. The van der Waals surface area contributed by atoms with E-state index in [9.17, 15) is 9.59 Å². The second kappa shape index (κ2) is 6.13. The van der Waals surface area contributed by atoms with E-state index in [-0.39, 0.29) is 27.9 Å². The number of carbonyl (C=O) groups is 2. The van der Waals surface area contributed by atoms with Crippen molar-refractivity contribution in [3.63, 3.8) is 0 Å². The fourth-order valence-electron chi connectivity index (χ4n) is 1.48. The van der Waals surface area contributed by atoms with E-state index in [1.165, 1.54) is 20.3 Å². The topological polar surface area (TPSA) is 64.6 Å². The minimum atomic E-state index is -0.602. The summed E-state index contributed by atoms with van der Waals surface area (Å²) < 4.78 is 10.3. The lowest BCUT2D eigenvalue weighted by atomic mass is 9.95. The Morgan fingerprint density at radius 1 is 1.25 bits per heavy atom. The summed E-state index contributed by atoms with van der Waals surface area (Å²) in [4.78, 5) is 23.2. The predicted octanol–water partition coefficient (Wildman–Crippen LogP) is 3.15. The van der Waals surface area contributed by atoms with Crippen molar-refractivity contribution in [3.8, 4) is 11.5 Å². The molecule has 0 saturated carbocycles. The highest BCUT2D eigenvalue weighted by atomic mass is 35.5. The molecule has 0 fully saturated rings. The van der Waals surface area contributed by atoms with Crippen LogP contribution in [0.5, 0.6) is 11.5 Å². The molecule has 0 unspecified atom stereocenters. The van der Waals surface area contributed by atoms with Crippen molar-refractivity contribution in [1.29, 1.82) is 0 Å². The zero-order chi connectivity index (χ0) is 15.5. The number of benzene rings is 1. The predicted molar refractivity (Wildman–Crippen MR) is 78.0 cm³/mol. The lowest BCUT2D eigenvalue weighted by Gasteiger charge is -2.21. The zero-order valence-corrected chi connectivity index (χ0v) is 12.9. The molecule has 1 aromatic carbocycles. The van der Waals surface area contributed by atoms with Gasteiger partial charge in [0.15, 0.2) is 6.29 Å². The third-order valence-corrected chi connectivity index (χ3v) is 3.10. The standard InChI is InChI=1S/C14H18ClNO4/c1-14(2,3)13(18)16-12-10(20-5)6-9(19-4)8(7-17)11(12)15/h6-7H,1-5H3,(H,16,18). The normalized spacial score (nSPS) is 10.9. The molecule has 20 heavy (non-hydrogen) atoms. The fourth-order valence-corrected chi connectivity index (χ4v) is 1.76. The molecule has 0 saturated heterocycles. The number of rotatable bonds is 4. The summed E-state index contributed by atoms with van der Waals surface area (Å²) in [5, 5.41) is 2.78. The maximum absolute atomic E-state index is 12.1. The number of anilines is 1. The minimum absolute atomic E-state index is 0.0915. The Labute approximate surface area is 123 Å². The van der Waals surface area contributed by atoms with Crippen molar-refractivity contribution in [2.24, 2.45) is 5.41 Å². The van der Waals surface area contributed by atoms with E-state index >= 15 is 0 Å². The summed E-state index contributed by atoms with van der Waals surface area (Å²) in [5.41, 5.74) is -0.175. The molecule has 1 N–H and O–H groups in total. The number of ether oxygens (including phenoxy) is 2. The molecule has 0 atom stereocenters. The first-order valence-electron chi connectivity index (χ1n) is 5.97. The molecular weight excluding hydrogens is 282 g/mol. The van der Waals surface area contributed by atoms with Crippen LogP contribution < -0.4 is 14.8 Å². The molecule has 0 aliphatic rings. The number of amides is 1. The first-order chi connectivity index (χ1) is 9.26. The van der Waals surface area contributed by atoms with Gasteiger partial charge in [0.25, 0.3) is 0 Å². The molecule has 1 aromatic rings. The van der Waals surface area contributed by atoms with Crippen LogP contribution >= 0.6 is 11.6 Å². The van der Waals surface area contributed by atoms with Gasteiger partial charge in [-0.15, -0.1) is 0 Å². The second-order valence-corrected chi connectivity index (χ2v) is 5.58. The van der Waals surface area contributed by atoms with E-state index < -0.39 is 5.41 Å². The molecule has 0 bridgehead atoms. The Hall–Kier alpha value is -1.75. The summed E-state index contributed by atoms with van der Waals surface area (Å²) in [7, 11) is 2.87. The Morgan fingerprint density at radius 3 is 2.20 bits per heavy atom. The van der Waals surface area contributed by atoms with E-state index in [2.05, 4.69) is 5.32 Å². The van der Waals surface area contributed by atoms with Crippen LogP contribution in [0, 0.1) is 5.41 Å². The number of halogens is 1. The number of hydrogen-bond donors (Lipinski definition) is 1. The van der Waals surface area contributed by atoms with Crippen molar-refractivity contribution < 1.29 is 19.1 Å². The number of methoxy groups -OCH3 is 2. The van der Waals surface area contributed by atoms with Crippen molar-refractivity contribution in [1.82, 2.24) is 0 Å². The molecule has 110 valence electrons. The molecule has 1 rings (SSSR count). The van der Waals surface area contributed by atoms with Gasteiger partial charge in [0.2, 0.25) is 5.91 Å². The number of aldehydes is 1. The van der Waals surface area contributed by atoms with Crippen LogP contribution in [0.4, 0.5) is 5.69 Å². The average Bonchev–Trinajstić information content (AvgIpc) is 2.39. The monoisotopic (exact) mass is 299 g/mol. The summed E-state index contributed by atoms with van der Waals surface area (Å²) in [6, 6.07) is 1.51. The Kier molecular flexibility index (Phi) is 5.00. The number of nitrogens with one attached hydrogen (secondary N) is 1. The van der Waals surface area contributed by atoms with Crippen LogP contribution in [0.25, 0.3) is 0 Å². The Morgan fingerprint density at radius 2 is 1.80 bits per heavy atom. The van der Waals surface area contributed by atoms with E-state index in [1.807, 2.05) is 0 Å². The number of carbonyl (C=O) groups excluding carboxylic acids is 2. The van der Waals surface area contributed by atoms with Gasteiger partial charge in [-0.05, 0) is 0 Å². The van der Waals surface area contributed by atoms with Gasteiger partial charge in [-0.3, -0.25) is 9.59 Å². The van der Waals surface area contributed by atoms with E-state index in [0.717, 1.165) is 0 Å². The highest BCUT2D eigenvalue weighted by Crippen LogP contribution is 2.40. The van der Waals surface area contributed by atoms with Gasteiger partial charge >= 0.3 is 0 Å². The van der Waals surface area contributed by atoms with E-state index in [0.29, 0.717) is 12.0 Å². The largest absolute Gasteiger partial charge is 0.496 e. The van der Waals surface area contributed by atoms with Gasteiger partial charge in [-0.2, -0.15) is 0 Å². The van der Waals surface area contributed by atoms with Crippen molar-refractivity contribution in [3.05, 3.63) is 16.7 Å². The summed E-state index contributed by atoms with van der Waals surface area (Å²) >= 11 is 6.16. The highest BCUT2D eigenvalue weighted by molar-refractivity contribution is 6.37. The molecule has 0 aliphatic carbocycles. The van der Waals surface area contributed by atoms with Crippen LogP contribution in [0.15, 0.2) is 6.07 Å². The van der Waals surface area contributed by atoms with Crippen molar-refractivity contribution in [2.45, 2.75) is 20.8 Å². The SMILES string of the molecule is COc1cc(OC)c(NC(=O)C(C)(C)C)c(Cl)c1C=O. The third-order valence-electron chi connectivity index (χ3n) is 2.71. The smallest absolute Gasteiger partial charge is 0.229 e. The van der Waals surface area contributed by atoms with Gasteiger partial charge in [0.1, 0.15) is 17.2 Å². The van der Waals surface area contributed by atoms with Crippen LogP contribution in [0.3, 0.4) is 0 Å². The lowest BCUT2D eigenvalue weighted by molar-refractivity contribution is -0.123. The maximum Gasteiger partial charge on any atom is 0.229 e. The fraction of sp³-hybridized carbons (Fsp3) is 0.429. The maximum atomic E-state index is 12.1. The molecule has 0 radical (unpaired) electrons. The molecular formula is C14H18ClNO4. The molecule has 0 aromatic heterocycles. The molecule has 6 heteroatoms. The summed E-state index contributed by atoms with van der Waals surface area (Å²) in [6.07, 6.45) is 0.577. The second-order valence-electron chi connectivity index (χ2n) is 5.21. The van der Waals surface area contributed by atoms with Crippen LogP contribution in [-0.2, 0) is 4.79 Å². The molecule has 0 spiro atoms. The van der Waals surface area contributed by atoms with Gasteiger partial charge < -0.3 is 14.8 Å². The van der Waals surface area contributed by atoms with Gasteiger partial charge in [0.05, 0.1) is 24.8 Å². The van der Waals surface area contributed by atoms with Crippen LogP contribution in [0.1, 0.15) is 31.1 Å². The Balaban J connectivity index is 3.38. The first-order valence-corrected chi connectivity index (χ1v) is 6.35. The average molecular weight is 300 g/mol. The first kappa shape index (κ1) is 16.3. The van der Waals surface area contributed by atoms with Gasteiger partial charge in [0, 0.05) is 11.5 Å². The van der Waals surface area contributed by atoms with Gasteiger partial charge in [-0.25, -0.2) is 0 Å². The van der Waals surface area contributed by atoms with Crippen LogP contribution in [-0.4, -0.2) is 26.4 Å². The van der Waals surface area contributed by atoms with Crippen LogP contribution in [0.2, 0.25) is 5.02 Å². The Bertz CT molecular complexity index is 535. The van der Waals surface area contributed by atoms with E-state index in [1.54, 1.807) is 20.8 Å². The van der Waals surface area contributed by atoms with Crippen molar-refractivity contribution in [2.75, 3.05) is 19.5 Å². The van der Waals surface area contributed by atoms with Crippen molar-refractivity contribution >= 4 is 29.5 Å². The molecule has 0 aliphatic heterocycles. The molecule has 5 nitrogen and oxygen atoms in total. The quantitative estimate of drug-likeness (QED) is 0.867. The summed E-state index contributed by atoms with van der Waals surface area (Å²) in [6.45, 7) is 5.31.